The Kier molecular flexibility index (Phi) is 5.26. The van der Waals surface area contributed by atoms with E-state index in [1.54, 1.807) is 24.5 Å². The Hall–Kier alpha value is -3.84. The third kappa shape index (κ3) is 3.81. The average Bonchev–Trinajstić information content (AvgIpc) is 3.33. The van der Waals surface area contributed by atoms with Crippen molar-refractivity contribution in [1.82, 2.24) is 14.4 Å². The van der Waals surface area contributed by atoms with E-state index in [1.165, 1.54) is 0 Å². The summed E-state index contributed by atoms with van der Waals surface area (Å²) in [6, 6.07) is 17.5. The Bertz CT molecular complexity index is 1490. The van der Waals surface area contributed by atoms with Crippen LogP contribution >= 0.6 is 11.3 Å². The van der Waals surface area contributed by atoms with Crippen molar-refractivity contribution in [2.45, 2.75) is 20.8 Å². The van der Waals surface area contributed by atoms with Crippen LogP contribution in [0.4, 0.5) is 11.4 Å². The normalized spacial score (nSPS) is 11.2. The second-order valence-electron chi connectivity index (χ2n) is 7.90. The summed E-state index contributed by atoms with van der Waals surface area (Å²) in [7, 11) is 1.66. The Balaban J connectivity index is 1.52. The van der Waals surface area contributed by atoms with Gasteiger partial charge in [-0.25, -0.2) is 9.97 Å². The van der Waals surface area contributed by atoms with Crippen LogP contribution in [0.25, 0.3) is 27.3 Å². The summed E-state index contributed by atoms with van der Waals surface area (Å²) in [5, 5.41) is 15.1. The van der Waals surface area contributed by atoms with Gasteiger partial charge in [-0.2, -0.15) is 0 Å². The first-order valence-electron chi connectivity index (χ1n) is 10.6. The highest BCUT2D eigenvalue weighted by molar-refractivity contribution is 7.15. The summed E-state index contributed by atoms with van der Waals surface area (Å²) in [6.45, 7) is 5.99. The number of nitrogens with one attached hydrogen (secondary N) is 1. The highest BCUT2D eigenvalue weighted by atomic mass is 32.1. The predicted octanol–water partition coefficient (Wildman–Crippen LogP) is 6.51. The van der Waals surface area contributed by atoms with Crippen molar-refractivity contribution in [3.63, 3.8) is 0 Å². The molecule has 0 aliphatic carbocycles. The van der Waals surface area contributed by atoms with E-state index in [-0.39, 0.29) is 5.75 Å². The molecule has 5 rings (SSSR count). The summed E-state index contributed by atoms with van der Waals surface area (Å²) in [6.07, 6.45) is 2.00. The molecular formula is C26H24N4O2S. The fourth-order valence-electron chi connectivity index (χ4n) is 4.07. The number of phenolic OH excluding ortho intramolecular Hbond substituents is 1. The van der Waals surface area contributed by atoms with Crippen molar-refractivity contribution in [2.24, 2.45) is 0 Å². The summed E-state index contributed by atoms with van der Waals surface area (Å²) in [5.41, 5.74) is 7.10. The monoisotopic (exact) mass is 456 g/mol. The van der Waals surface area contributed by atoms with Crippen LogP contribution in [-0.4, -0.2) is 26.6 Å². The molecule has 5 aromatic rings. The maximum Gasteiger partial charge on any atom is 0.161 e. The summed E-state index contributed by atoms with van der Waals surface area (Å²) in [5.74, 6) is 1.01. The largest absolute Gasteiger partial charge is 0.507 e. The molecule has 33 heavy (non-hydrogen) atoms. The van der Waals surface area contributed by atoms with Crippen LogP contribution in [0.15, 0.2) is 60.8 Å². The van der Waals surface area contributed by atoms with Gasteiger partial charge in [0.05, 0.1) is 34.1 Å². The van der Waals surface area contributed by atoms with Gasteiger partial charge < -0.3 is 19.6 Å². The van der Waals surface area contributed by atoms with Crippen LogP contribution in [0.2, 0.25) is 0 Å². The number of aryl methyl sites for hydroxylation is 3. The minimum Gasteiger partial charge on any atom is -0.507 e. The van der Waals surface area contributed by atoms with Crippen LogP contribution in [-0.2, 0) is 0 Å². The second kappa shape index (κ2) is 8.26. The Labute approximate surface area is 196 Å². The first kappa shape index (κ1) is 21.0. The van der Waals surface area contributed by atoms with Crippen LogP contribution < -0.4 is 10.1 Å². The van der Waals surface area contributed by atoms with E-state index in [9.17, 15) is 5.11 Å². The van der Waals surface area contributed by atoms with Crippen LogP contribution in [0, 0.1) is 20.8 Å². The van der Waals surface area contributed by atoms with Gasteiger partial charge in [0, 0.05) is 34.8 Å². The van der Waals surface area contributed by atoms with Crippen molar-refractivity contribution >= 4 is 28.4 Å². The number of imidazole rings is 1. The smallest absolute Gasteiger partial charge is 0.161 e. The van der Waals surface area contributed by atoms with Crippen molar-refractivity contribution in [1.29, 1.82) is 0 Å². The topological polar surface area (TPSA) is 71.7 Å². The van der Waals surface area contributed by atoms with Crippen LogP contribution in [0.5, 0.6) is 11.5 Å². The average molecular weight is 457 g/mol. The number of methoxy groups -OCH3 is 1. The molecule has 3 heterocycles. The zero-order valence-corrected chi connectivity index (χ0v) is 19.7. The van der Waals surface area contributed by atoms with Gasteiger partial charge in [-0.15, -0.1) is 11.3 Å². The lowest BCUT2D eigenvalue weighted by Gasteiger charge is -2.10. The Morgan fingerprint density at radius 2 is 1.85 bits per heavy atom. The third-order valence-electron chi connectivity index (χ3n) is 5.66. The van der Waals surface area contributed by atoms with E-state index in [0.29, 0.717) is 0 Å². The predicted molar refractivity (Wildman–Crippen MR) is 134 cm³/mol. The molecule has 2 N–H and O–H groups in total. The molecule has 0 unspecified atom stereocenters. The fourth-order valence-corrected chi connectivity index (χ4v) is 5.02. The maximum atomic E-state index is 10.7. The maximum absolute atomic E-state index is 10.7. The quantitative estimate of drug-likeness (QED) is 0.315. The molecule has 3 aromatic heterocycles. The minimum absolute atomic E-state index is 0.218. The third-order valence-corrected chi connectivity index (χ3v) is 6.76. The lowest BCUT2D eigenvalue weighted by atomic mass is 10.1. The Morgan fingerprint density at radius 1 is 1.00 bits per heavy atom. The number of hydrogen-bond acceptors (Lipinski definition) is 6. The summed E-state index contributed by atoms with van der Waals surface area (Å²) >= 11 is 1.58. The van der Waals surface area contributed by atoms with Crippen molar-refractivity contribution < 1.29 is 9.84 Å². The number of rotatable bonds is 5. The number of pyridine rings is 1. The number of phenols is 1. The number of aromatic hydroxyl groups is 1. The van der Waals surface area contributed by atoms with Crippen LogP contribution in [0.3, 0.4) is 0 Å². The molecule has 0 saturated heterocycles. The number of aromatic nitrogens is 3. The van der Waals surface area contributed by atoms with E-state index in [1.807, 2.05) is 68.6 Å². The molecule has 6 nitrogen and oxygen atoms in total. The van der Waals surface area contributed by atoms with Crippen LogP contribution in [0.1, 0.15) is 16.4 Å². The van der Waals surface area contributed by atoms with Crippen molar-refractivity contribution in [3.05, 3.63) is 77.2 Å². The molecular weight excluding hydrogens is 432 g/mol. The number of anilines is 2. The highest BCUT2D eigenvalue weighted by Gasteiger charge is 2.15. The number of thiazole rings is 1. The molecule has 0 radical (unpaired) electrons. The van der Waals surface area contributed by atoms with E-state index in [4.69, 9.17) is 9.72 Å². The summed E-state index contributed by atoms with van der Waals surface area (Å²) < 4.78 is 7.44. The zero-order valence-electron chi connectivity index (χ0n) is 18.9. The molecule has 2 aromatic carbocycles. The van der Waals surface area contributed by atoms with Gasteiger partial charge in [-0.05, 0) is 57.2 Å². The molecule has 0 amide bonds. The number of hydrogen-bond donors (Lipinski definition) is 2. The van der Waals surface area contributed by atoms with E-state index >= 15 is 0 Å². The molecule has 0 spiro atoms. The molecule has 0 aliphatic heterocycles. The molecule has 0 fully saturated rings. The first-order valence-corrected chi connectivity index (χ1v) is 11.4. The number of ether oxygens (including phenoxy) is 1. The lowest BCUT2D eigenvalue weighted by molar-refractivity contribution is 0.415. The SMILES string of the molecule is COc1cccc(-c2nc3c(Nc4ccc(-c5sc(C)nc5C)c(O)c4)cccn3c2C)c1. The van der Waals surface area contributed by atoms with Gasteiger partial charge in [0.15, 0.2) is 5.65 Å². The summed E-state index contributed by atoms with van der Waals surface area (Å²) in [4.78, 5) is 10.4. The van der Waals surface area contributed by atoms with Gasteiger partial charge in [0.2, 0.25) is 0 Å². The zero-order chi connectivity index (χ0) is 23.1. The fraction of sp³-hybridized carbons (Fsp3) is 0.154. The second-order valence-corrected chi connectivity index (χ2v) is 9.10. The lowest BCUT2D eigenvalue weighted by Crippen LogP contribution is -1.95. The highest BCUT2D eigenvalue weighted by Crippen LogP contribution is 2.38. The Morgan fingerprint density at radius 3 is 2.58 bits per heavy atom. The number of benzene rings is 2. The van der Waals surface area contributed by atoms with E-state index in [0.717, 1.165) is 60.9 Å². The van der Waals surface area contributed by atoms with E-state index < -0.39 is 0 Å². The molecule has 0 bridgehead atoms. The van der Waals surface area contributed by atoms with Gasteiger partial charge in [0.1, 0.15) is 11.5 Å². The molecule has 0 saturated carbocycles. The van der Waals surface area contributed by atoms with Gasteiger partial charge >= 0.3 is 0 Å². The van der Waals surface area contributed by atoms with Gasteiger partial charge in [0.25, 0.3) is 0 Å². The van der Waals surface area contributed by atoms with Gasteiger partial charge in [-0.1, -0.05) is 12.1 Å². The standard InChI is InChI=1S/C26H24N4O2S/c1-15-25(33-17(3)27-15)21-11-10-19(14-23(21)31)28-22-9-6-12-30-16(2)24(29-26(22)30)18-7-5-8-20(13-18)32-4/h5-14,28,31H,1-4H3. The number of fused-ring (bicyclic) bond motifs is 1. The molecule has 0 atom stereocenters. The molecule has 7 heteroatoms. The minimum atomic E-state index is 0.218. The van der Waals surface area contributed by atoms with Crippen molar-refractivity contribution in [3.8, 4) is 33.2 Å². The van der Waals surface area contributed by atoms with Gasteiger partial charge in [-0.3, -0.25) is 0 Å². The van der Waals surface area contributed by atoms with Crippen molar-refractivity contribution in [2.75, 3.05) is 12.4 Å². The van der Waals surface area contributed by atoms with E-state index in [2.05, 4.69) is 21.6 Å². The number of nitrogens with zero attached hydrogens (tertiary/aromatic N) is 3. The molecule has 0 aliphatic rings. The molecule has 166 valence electrons. The first-order chi connectivity index (χ1) is 15.9.